The van der Waals surface area contributed by atoms with Crippen LogP contribution in [0.15, 0.2) is 70.6 Å². The Bertz CT molecular complexity index is 1060. The van der Waals surface area contributed by atoms with Crippen molar-refractivity contribution in [2.24, 2.45) is 0 Å². The second-order valence-electron chi connectivity index (χ2n) is 5.94. The van der Waals surface area contributed by atoms with Crippen molar-refractivity contribution in [3.8, 4) is 22.2 Å². The van der Waals surface area contributed by atoms with Gasteiger partial charge in [-0.15, -0.1) is 11.3 Å². The van der Waals surface area contributed by atoms with Gasteiger partial charge < -0.3 is 14.0 Å². The number of hydrogen-bond acceptors (Lipinski definition) is 6. The van der Waals surface area contributed by atoms with Gasteiger partial charge in [-0.1, -0.05) is 35.5 Å². The number of hydrogen-bond donors (Lipinski definition) is 0. The molecule has 5 nitrogen and oxygen atoms in total. The number of methoxy groups -OCH3 is 1. The normalized spacial score (nSPS) is 11.0. The SMILES string of the molecule is COc1ccc(/C=C\c2nc(-c3cccs3)no2)cc1COc1ccccc1. The van der Waals surface area contributed by atoms with Crippen LogP contribution >= 0.6 is 11.3 Å². The van der Waals surface area contributed by atoms with E-state index in [1.54, 1.807) is 24.5 Å². The highest BCUT2D eigenvalue weighted by molar-refractivity contribution is 7.13. The van der Waals surface area contributed by atoms with Gasteiger partial charge in [0.2, 0.25) is 5.82 Å². The summed E-state index contributed by atoms with van der Waals surface area (Å²) in [5, 5.41) is 6.00. The molecule has 0 saturated carbocycles. The average Bonchev–Trinajstić information content (AvgIpc) is 3.43. The zero-order valence-corrected chi connectivity index (χ0v) is 16.1. The minimum Gasteiger partial charge on any atom is -0.496 e. The molecule has 4 rings (SSSR count). The molecule has 0 N–H and O–H groups in total. The maximum absolute atomic E-state index is 5.85. The van der Waals surface area contributed by atoms with Gasteiger partial charge in [0.15, 0.2) is 0 Å². The molecule has 0 saturated heterocycles. The predicted octanol–water partition coefficient (Wildman–Crippen LogP) is 5.56. The molecule has 0 aliphatic carbocycles. The lowest BCUT2D eigenvalue weighted by Gasteiger charge is -2.11. The molecule has 0 atom stereocenters. The van der Waals surface area contributed by atoms with Crippen molar-refractivity contribution in [1.82, 2.24) is 10.1 Å². The van der Waals surface area contributed by atoms with E-state index >= 15 is 0 Å². The molecular weight excluding hydrogens is 372 g/mol. The van der Waals surface area contributed by atoms with E-state index in [0.717, 1.165) is 27.5 Å². The Balaban J connectivity index is 1.49. The average molecular weight is 390 g/mol. The van der Waals surface area contributed by atoms with Gasteiger partial charge in [0.05, 0.1) is 12.0 Å². The maximum Gasteiger partial charge on any atom is 0.250 e. The zero-order valence-electron chi connectivity index (χ0n) is 15.2. The van der Waals surface area contributed by atoms with Crippen LogP contribution in [0.1, 0.15) is 17.0 Å². The van der Waals surface area contributed by atoms with Crippen molar-refractivity contribution in [3.05, 3.63) is 83.1 Å². The van der Waals surface area contributed by atoms with Gasteiger partial charge in [0, 0.05) is 11.6 Å². The third kappa shape index (κ3) is 4.29. The first kappa shape index (κ1) is 18.0. The van der Waals surface area contributed by atoms with Gasteiger partial charge in [-0.3, -0.25) is 0 Å². The third-order valence-corrected chi connectivity index (χ3v) is 4.91. The number of benzene rings is 2. The summed E-state index contributed by atoms with van der Waals surface area (Å²) in [5.74, 6) is 2.66. The van der Waals surface area contributed by atoms with E-state index in [4.69, 9.17) is 14.0 Å². The summed E-state index contributed by atoms with van der Waals surface area (Å²) in [6, 6.07) is 19.5. The fraction of sp³-hybridized carbons (Fsp3) is 0.0909. The van der Waals surface area contributed by atoms with Gasteiger partial charge in [0.25, 0.3) is 5.89 Å². The van der Waals surface area contributed by atoms with E-state index in [-0.39, 0.29) is 0 Å². The Morgan fingerprint density at radius 1 is 1.04 bits per heavy atom. The molecule has 0 radical (unpaired) electrons. The Kier molecular flexibility index (Phi) is 5.49. The van der Waals surface area contributed by atoms with Crippen LogP contribution in [0.25, 0.3) is 22.9 Å². The molecular formula is C22H18N2O3S. The lowest BCUT2D eigenvalue weighted by Crippen LogP contribution is -1.99. The molecule has 0 bridgehead atoms. The van der Waals surface area contributed by atoms with E-state index in [9.17, 15) is 0 Å². The molecule has 0 aliphatic rings. The van der Waals surface area contributed by atoms with E-state index < -0.39 is 0 Å². The number of ether oxygens (including phenoxy) is 2. The molecule has 0 unspecified atom stereocenters. The number of nitrogens with zero attached hydrogens (tertiary/aromatic N) is 2. The molecule has 0 amide bonds. The van der Waals surface area contributed by atoms with E-state index in [0.29, 0.717) is 18.3 Å². The monoisotopic (exact) mass is 390 g/mol. The minimum atomic E-state index is 0.415. The first-order valence-corrected chi connectivity index (χ1v) is 9.60. The van der Waals surface area contributed by atoms with Crippen molar-refractivity contribution in [2.45, 2.75) is 6.61 Å². The molecule has 2 aromatic heterocycles. The minimum absolute atomic E-state index is 0.415. The highest BCUT2D eigenvalue weighted by Crippen LogP contribution is 2.24. The first-order chi connectivity index (χ1) is 13.8. The molecule has 4 aromatic rings. The summed E-state index contributed by atoms with van der Waals surface area (Å²) in [6.45, 7) is 0.415. The van der Waals surface area contributed by atoms with Crippen molar-refractivity contribution < 1.29 is 14.0 Å². The van der Waals surface area contributed by atoms with Crippen molar-refractivity contribution in [2.75, 3.05) is 7.11 Å². The highest BCUT2D eigenvalue weighted by atomic mass is 32.1. The highest BCUT2D eigenvalue weighted by Gasteiger charge is 2.08. The van der Waals surface area contributed by atoms with Gasteiger partial charge in [0.1, 0.15) is 18.1 Å². The topological polar surface area (TPSA) is 57.4 Å². The zero-order chi connectivity index (χ0) is 19.2. The number of aromatic nitrogens is 2. The van der Waals surface area contributed by atoms with Crippen molar-refractivity contribution in [3.63, 3.8) is 0 Å². The third-order valence-electron chi connectivity index (χ3n) is 4.04. The lowest BCUT2D eigenvalue weighted by molar-refractivity contribution is 0.296. The fourth-order valence-corrected chi connectivity index (χ4v) is 3.32. The van der Waals surface area contributed by atoms with Crippen LogP contribution < -0.4 is 9.47 Å². The van der Waals surface area contributed by atoms with Crippen LogP contribution in [0.5, 0.6) is 11.5 Å². The maximum atomic E-state index is 5.85. The van der Waals surface area contributed by atoms with Crippen LogP contribution in [0, 0.1) is 0 Å². The lowest BCUT2D eigenvalue weighted by atomic mass is 10.1. The number of para-hydroxylation sites is 1. The molecule has 140 valence electrons. The van der Waals surface area contributed by atoms with E-state index in [1.807, 2.05) is 72.1 Å². The summed E-state index contributed by atoms with van der Waals surface area (Å²) in [4.78, 5) is 5.38. The molecule has 2 aromatic carbocycles. The molecule has 28 heavy (non-hydrogen) atoms. The fourth-order valence-electron chi connectivity index (χ4n) is 2.67. The second-order valence-corrected chi connectivity index (χ2v) is 6.89. The summed E-state index contributed by atoms with van der Waals surface area (Å²) >= 11 is 1.58. The van der Waals surface area contributed by atoms with Crippen LogP contribution in [-0.4, -0.2) is 17.3 Å². The second kappa shape index (κ2) is 8.54. The molecule has 0 fully saturated rings. The van der Waals surface area contributed by atoms with Crippen molar-refractivity contribution in [1.29, 1.82) is 0 Å². The number of rotatable bonds is 7. The first-order valence-electron chi connectivity index (χ1n) is 8.72. The molecule has 0 spiro atoms. The van der Waals surface area contributed by atoms with E-state index in [1.165, 1.54) is 0 Å². The van der Waals surface area contributed by atoms with Gasteiger partial charge in [-0.05, 0) is 47.4 Å². The Hall–Kier alpha value is -3.38. The smallest absolute Gasteiger partial charge is 0.250 e. The molecule has 6 heteroatoms. The largest absolute Gasteiger partial charge is 0.496 e. The summed E-state index contributed by atoms with van der Waals surface area (Å²) < 4.78 is 16.6. The van der Waals surface area contributed by atoms with Gasteiger partial charge >= 0.3 is 0 Å². The Labute approximate surface area is 166 Å². The predicted molar refractivity (Wildman–Crippen MR) is 110 cm³/mol. The quantitative estimate of drug-likeness (QED) is 0.414. The Morgan fingerprint density at radius 2 is 1.93 bits per heavy atom. The van der Waals surface area contributed by atoms with Crippen LogP contribution in [0.2, 0.25) is 0 Å². The number of thiophene rings is 1. The van der Waals surface area contributed by atoms with Crippen LogP contribution in [0.4, 0.5) is 0 Å². The molecule has 0 aliphatic heterocycles. The van der Waals surface area contributed by atoms with Gasteiger partial charge in [-0.2, -0.15) is 4.98 Å². The van der Waals surface area contributed by atoms with Gasteiger partial charge in [-0.25, -0.2) is 0 Å². The summed E-state index contributed by atoms with van der Waals surface area (Å²) in [7, 11) is 1.65. The standard InChI is InChI=1S/C22H18N2O3S/c1-25-19-11-9-16(14-17(19)15-26-18-6-3-2-4-7-18)10-12-21-23-22(24-27-21)20-8-5-13-28-20/h2-14H,15H2,1H3/b12-10-. The summed E-state index contributed by atoms with van der Waals surface area (Å²) in [5.41, 5.74) is 1.95. The van der Waals surface area contributed by atoms with Crippen molar-refractivity contribution >= 4 is 23.5 Å². The van der Waals surface area contributed by atoms with Crippen LogP contribution in [-0.2, 0) is 6.61 Å². The summed E-state index contributed by atoms with van der Waals surface area (Å²) in [6.07, 6.45) is 3.73. The Morgan fingerprint density at radius 3 is 2.71 bits per heavy atom. The molecule has 2 heterocycles. The van der Waals surface area contributed by atoms with E-state index in [2.05, 4.69) is 10.1 Å². The van der Waals surface area contributed by atoms with Crippen LogP contribution in [0.3, 0.4) is 0 Å².